The van der Waals surface area contributed by atoms with Crippen molar-refractivity contribution in [1.29, 1.82) is 0 Å². The van der Waals surface area contributed by atoms with E-state index in [2.05, 4.69) is 15.0 Å². The van der Waals surface area contributed by atoms with Gasteiger partial charge in [0.25, 0.3) is 5.91 Å². The van der Waals surface area contributed by atoms with Gasteiger partial charge in [-0.2, -0.15) is 8.78 Å². The average Bonchev–Trinajstić information content (AvgIpc) is 2.46. The van der Waals surface area contributed by atoms with Gasteiger partial charge in [-0.25, -0.2) is 4.98 Å². The summed E-state index contributed by atoms with van der Waals surface area (Å²) in [6.45, 7) is -2.63. The summed E-state index contributed by atoms with van der Waals surface area (Å²) in [6.07, 6.45) is 1.47. The molecule has 0 radical (unpaired) electrons. The summed E-state index contributed by atoms with van der Waals surface area (Å²) in [7, 11) is 0. The van der Waals surface area contributed by atoms with Crippen LogP contribution in [0.5, 0.6) is 5.75 Å². The normalized spacial score (nSPS) is 10.4. The third-order valence-electron chi connectivity index (χ3n) is 2.66. The Kier molecular flexibility index (Phi) is 4.65. The van der Waals surface area contributed by atoms with Gasteiger partial charge in [0.05, 0.1) is 5.69 Å². The lowest BCUT2D eigenvalue weighted by Gasteiger charge is -2.08. The highest BCUT2D eigenvalue weighted by molar-refractivity contribution is 5.96. The fraction of sp³-hybridized carbons (Fsp3) is 0.143. The molecule has 1 aromatic carbocycles. The molecule has 1 heterocycles. The Morgan fingerprint density at radius 2 is 2.00 bits per heavy atom. The van der Waals surface area contributed by atoms with Crippen molar-refractivity contribution in [1.82, 2.24) is 10.3 Å². The summed E-state index contributed by atoms with van der Waals surface area (Å²) in [6, 6.07) is 9.19. The minimum Gasteiger partial charge on any atom is -0.435 e. The van der Waals surface area contributed by atoms with Crippen molar-refractivity contribution in [2.45, 2.75) is 13.2 Å². The quantitative estimate of drug-likeness (QED) is 0.886. The van der Waals surface area contributed by atoms with E-state index in [0.717, 1.165) is 5.56 Å². The number of nitrogens with two attached hydrogens (primary N) is 1. The number of anilines is 1. The minimum atomic E-state index is -2.86. The van der Waals surface area contributed by atoms with Crippen LogP contribution in [0.15, 0.2) is 42.6 Å². The molecule has 1 aromatic heterocycles. The van der Waals surface area contributed by atoms with Gasteiger partial charge in [0.15, 0.2) is 5.69 Å². The zero-order valence-electron chi connectivity index (χ0n) is 10.9. The molecule has 5 nitrogen and oxygen atoms in total. The molecule has 0 aliphatic rings. The van der Waals surface area contributed by atoms with Crippen LogP contribution in [0.3, 0.4) is 0 Å². The number of hydrogen-bond donors (Lipinski definition) is 2. The molecule has 3 N–H and O–H groups in total. The average molecular weight is 293 g/mol. The molecule has 0 aliphatic carbocycles. The zero-order chi connectivity index (χ0) is 15.2. The second-order valence-corrected chi connectivity index (χ2v) is 4.15. The zero-order valence-corrected chi connectivity index (χ0v) is 10.9. The molecule has 0 unspecified atom stereocenters. The maximum atomic E-state index is 12.0. The monoisotopic (exact) mass is 293 g/mol. The van der Waals surface area contributed by atoms with E-state index in [1.54, 1.807) is 24.3 Å². The largest absolute Gasteiger partial charge is 0.435 e. The molecule has 1 amide bonds. The van der Waals surface area contributed by atoms with Crippen LogP contribution < -0.4 is 15.8 Å². The van der Waals surface area contributed by atoms with E-state index in [1.807, 2.05) is 0 Å². The van der Waals surface area contributed by atoms with Gasteiger partial charge >= 0.3 is 6.61 Å². The van der Waals surface area contributed by atoms with Gasteiger partial charge in [0.1, 0.15) is 5.75 Å². The molecule has 7 heteroatoms. The first-order valence-electron chi connectivity index (χ1n) is 6.08. The van der Waals surface area contributed by atoms with E-state index in [0.29, 0.717) is 0 Å². The highest BCUT2D eigenvalue weighted by atomic mass is 19.3. The van der Waals surface area contributed by atoms with Crippen molar-refractivity contribution in [2.75, 3.05) is 5.73 Å². The molecule has 0 fully saturated rings. The van der Waals surface area contributed by atoms with Crippen molar-refractivity contribution >= 4 is 11.6 Å². The number of alkyl halides is 2. The lowest BCUT2D eigenvalue weighted by molar-refractivity contribution is -0.0498. The van der Waals surface area contributed by atoms with Gasteiger partial charge in [-0.3, -0.25) is 4.79 Å². The number of nitrogen functional groups attached to an aromatic ring is 1. The molecule has 0 atom stereocenters. The number of hydrogen-bond acceptors (Lipinski definition) is 4. The second-order valence-electron chi connectivity index (χ2n) is 4.15. The van der Waals surface area contributed by atoms with E-state index in [-0.39, 0.29) is 23.7 Å². The van der Waals surface area contributed by atoms with Crippen LogP contribution in [0.25, 0.3) is 0 Å². The molecule has 110 valence electrons. The summed E-state index contributed by atoms with van der Waals surface area (Å²) in [5, 5.41) is 2.65. The van der Waals surface area contributed by atoms with Crippen molar-refractivity contribution < 1.29 is 18.3 Å². The van der Waals surface area contributed by atoms with Crippen LogP contribution in [0, 0.1) is 0 Å². The van der Waals surface area contributed by atoms with Gasteiger partial charge in [-0.1, -0.05) is 12.1 Å². The first kappa shape index (κ1) is 14.7. The van der Waals surface area contributed by atoms with Crippen LogP contribution in [0.4, 0.5) is 14.5 Å². The fourth-order valence-corrected chi connectivity index (χ4v) is 1.66. The fourth-order valence-electron chi connectivity index (χ4n) is 1.66. The lowest BCUT2D eigenvalue weighted by atomic mass is 10.2. The maximum absolute atomic E-state index is 12.0. The number of nitrogens with one attached hydrogen (secondary N) is 1. The number of nitrogens with zero attached hydrogens (tertiary/aromatic N) is 1. The van der Waals surface area contributed by atoms with Gasteiger partial charge in [-0.15, -0.1) is 0 Å². The van der Waals surface area contributed by atoms with Crippen molar-refractivity contribution in [3.8, 4) is 5.75 Å². The Balaban J connectivity index is 1.94. The molecule has 21 heavy (non-hydrogen) atoms. The van der Waals surface area contributed by atoms with Crippen LogP contribution in [0.1, 0.15) is 16.1 Å². The first-order valence-corrected chi connectivity index (χ1v) is 6.08. The van der Waals surface area contributed by atoms with Crippen LogP contribution in [-0.2, 0) is 6.54 Å². The summed E-state index contributed by atoms with van der Waals surface area (Å²) in [4.78, 5) is 15.8. The molecular formula is C14H13F2N3O2. The predicted octanol–water partition coefficient (Wildman–Crippen LogP) is 2.20. The lowest BCUT2D eigenvalue weighted by Crippen LogP contribution is -2.24. The summed E-state index contributed by atoms with van der Waals surface area (Å²) < 4.78 is 28.2. The molecule has 0 bridgehead atoms. The second kappa shape index (κ2) is 6.65. The SMILES string of the molecule is Nc1cccnc1C(=O)NCc1ccc(OC(F)F)cc1. The number of rotatable bonds is 5. The number of halogens is 2. The minimum absolute atomic E-state index is 0.0639. The Morgan fingerprint density at radius 1 is 1.29 bits per heavy atom. The molecule has 0 saturated carbocycles. The van der Waals surface area contributed by atoms with Crippen LogP contribution in [0.2, 0.25) is 0 Å². The molecule has 2 rings (SSSR count). The number of carbonyl (C=O) groups excluding carboxylic acids is 1. The molecule has 0 aliphatic heterocycles. The number of aromatic nitrogens is 1. The van der Waals surface area contributed by atoms with E-state index >= 15 is 0 Å². The first-order chi connectivity index (χ1) is 10.1. The number of benzene rings is 1. The summed E-state index contributed by atoms with van der Waals surface area (Å²) in [5.41, 5.74) is 6.82. The molecule has 2 aromatic rings. The Hall–Kier alpha value is -2.70. The number of pyridine rings is 1. The number of amides is 1. The van der Waals surface area contributed by atoms with Gasteiger partial charge in [0.2, 0.25) is 0 Å². The third kappa shape index (κ3) is 4.13. The highest BCUT2D eigenvalue weighted by Gasteiger charge is 2.10. The van der Waals surface area contributed by atoms with E-state index < -0.39 is 12.5 Å². The van der Waals surface area contributed by atoms with Gasteiger partial charge in [-0.05, 0) is 29.8 Å². The summed E-state index contributed by atoms with van der Waals surface area (Å²) >= 11 is 0. The van der Waals surface area contributed by atoms with Crippen molar-refractivity contribution in [3.63, 3.8) is 0 Å². The Bertz CT molecular complexity index is 618. The van der Waals surface area contributed by atoms with E-state index in [4.69, 9.17) is 5.73 Å². The van der Waals surface area contributed by atoms with Gasteiger partial charge in [0, 0.05) is 12.7 Å². The highest BCUT2D eigenvalue weighted by Crippen LogP contribution is 2.15. The Labute approximate surface area is 119 Å². The van der Waals surface area contributed by atoms with E-state index in [9.17, 15) is 13.6 Å². The number of carbonyl (C=O) groups is 1. The van der Waals surface area contributed by atoms with Crippen LogP contribution >= 0.6 is 0 Å². The topological polar surface area (TPSA) is 77.2 Å². The summed E-state index contributed by atoms with van der Waals surface area (Å²) in [5.74, 6) is -0.338. The molecule has 0 saturated heterocycles. The smallest absolute Gasteiger partial charge is 0.387 e. The predicted molar refractivity (Wildman–Crippen MR) is 72.9 cm³/mol. The third-order valence-corrected chi connectivity index (χ3v) is 2.66. The molecular weight excluding hydrogens is 280 g/mol. The molecule has 0 spiro atoms. The Morgan fingerprint density at radius 3 is 2.62 bits per heavy atom. The van der Waals surface area contributed by atoms with Gasteiger partial charge < -0.3 is 15.8 Å². The van der Waals surface area contributed by atoms with Crippen LogP contribution in [-0.4, -0.2) is 17.5 Å². The standard InChI is InChI=1S/C14H13F2N3O2/c15-14(16)21-10-5-3-9(4-6-10)8-19-13(20)12-11(17)2-1-7-18-12/h1-7,14H,8,17H2,(H,19,20). The maximum Gasteiger partial charge on any atom is 0.387 e. The van der Waals surface area contributed by atoms with Crippen molar-refractivity contribution in [2.24, 2.45) is 0 Å². The van der Waals surface area contributed by atoms with Crippen molar-refractivity contribution in [3.05, 3.63) is 53.9 Å². The number of ether oxygens (including phenoxy) is 1. The van der Waals surface area contributed by atoms with E-state index in [1.165, 1.54) is 18.3 Å².